The Hall–Kier alpha value is -1.36. The summed E-state index contributed by atoms with van der Waals surface area (Å²) in [4.78, 5) is 0.282. The smallest absolute Gasteiger partial charge is 0.183 e. The number of hydrogen-bond donors (Lipinski definition) is 1. The predicted octanol–water partition coefficient (Wildman–Crippen LogP) is 3.17. The second kappa shape index (κ2) is 5.69. The van der Waals surface area contributed by atoms with E-state index >= 15 is 0 Å². The van der Waals surface area contributed by atoms with E-state index in [1.54, 1.807) is 24.3 Å². The lowest BCUT2D eigenvalue weighted by Gasteiger charge is -2.05. The highest BCUT2D eigenvalue weighted by molar-refractivity contribution is 7.92. The third kappa shape index (κ3) is 2.67. The molecule has 0 heterocycles. The molecule has 1 aliphatic carbocycles. The summed E-state index contributed by atoms with van der Waals surface area (Å²) in [5.74, 6) is -0.133. The molecule has 0 radical (unpaired) electrons. The zero-order chi connectivity index (χ0) is 15.9. The highest BCUT2D eigenvalue weighted by Crippen LogP contribution is 2.47. The lowest BCUT2D eigenvalue weighted by atomic mass is 10.1. The van der Waals surface area contributed by atoms with E-state index in [0.717, 1.165) is 12.0 Å². The third-order valence-electron chi connectivity index (χ3n) is 4.28. The van der Waals surface area contributed by atoms with Crippen LogP contribution in [0, 0.1) is 0 Å². The van der Waals surface area contributed by atoms with Gasteiger partial charge >= 0.3 is 0 Å². The van der Waals surface area contributed by atoms with E-state index in [0.29, 0.717) is 5.02 Å². The van der Waals surface area contributed by atoms with E-state index in [1.807, 2.05) is 24.3 Å². The summed E-state index contributed by atoms with van der Waals surface area (Å²) in [6.07, 6.45) is 0.962. The fourth-order valence-corrected chi connectivity index (χ4v) is 5.05. The van der Waals surface area contributed by atoms with Gasteiger partial charge in [0.1, 0.15) is 0 Å². The van der Waals surface area contributed by atoms with Crippen molar-refractivity contribution < 1.29 is 8.42 Å². The Bertz CT molecular complexity index is 769. The Kier molecular flexibility index (Phi) is 4.02. The fraction of sp³-hybridized carbons (Fsp3) is 0.294. The average Bonchev–Trinajstić information content (AvgIpc) is 3.20. The molecule has 0 aliphatic heterocycles. The Labute approximate surface area is 136 Å². The standard InChI is InChI=1S/C17H18ClNO2S/c1-2-11-3-5-12(6-4-11)15-16(19)17(15)22(20,21)14-9-7-13(18)8-10-14/h3-10,15-17H,2,19H2,1H3/t15-,16+,17-/m1/s1. The Balaban J connectivity index is 1.87. The molecule has 5 heteroatoms. The molecule has 116 valence electrons. The van der Waals surface area contributed by atoms with E-state index in [2.05, 4.69) is 6.92 Å². The van der Waals surface area contributed by atoms with Crippen LogP contribution in [0.25, 0.3) is 0 Å². The van der Waals surface area contributed by atoms with Crippen LogP contribution in [0.3, 0.4) is 0 Å². The molecule has 22 heavy (non-hydrogen) atoms. The summed E-state index contributed by atoms with van der Waals surface area (Å²) in [5, 5.41) is -0.0353. The molecule has 2 aromatic carbocycles. The number of benzene rings is 2. The fourth-order valence-electron chi connectivity index (χ4n) is 2.87. The molecule has 3 rings (SSSR count). The topological polar surface area (TPSA) is 60.2 Å². The summed E-state index contributed by atoms with van der Waals surface area (Å²) in [7, 11) is -3.43. The molecule has 0 saturated heterocycles. The molecule has 0 spiro atoms. The van der Waals surface area contributed by atoms with Crippen LogP contribution in [0.2, 0.25) is 5.02 Å². The van der Waals surface area contributed by atoms with Gasteiger partial charge in [-0.2, -0.15) is 0 Å². The Morgan fingerprint density at radius 3 is 2.18 bits per heavy atom. The first-order chi connectivity index (χ1) is 10.4. The van der Waals surface area contributed by atoms with Crippen LogP contribution in [0.1, 0.15) is 24.0 Å². The van der Waals surface area contributed by atoms with E-state index in [-0.39, 0.29) is 16.9 Å². The van der Waals surface area contributed by atoms with E-state index < -0.39 is 15.1 Å². The van der Waals surface area contributed by atoms with Crippen molar-refractivity contribution in [2.75, 3.05) is 0 Å². The van der Waals surface area contributed by atoms with Gasteiger partial charge in [0, 0.05) is 17.0 Å². The van der Waals surface area contributed by atoms with Crippen LogP contribution in [0.4, 0.5) is 0 Å². The molecule has 1 aliphatic rings. The van der Waals surface area contributed by atoms with Crippen molar-refractivity contribution in [1.29, 1.82) is 0 Å². The predicted molar refractivity (Wildman–Crippen MR) is 89.0 cm³/mol. The van der Waals surface area contributed by atoms with Crippen LogP contribution >= 0.6 is 11.6 Å². The minimum atomic E-state index is -3.43. The highest BCUT2D eigenvalue weighted by Gasteiger charge is 2.57. The van der Waals surface area contributed by atoms with Gasteiger partial charge < -0.3 is 5.73 Å². The first kappa shape index (κ1) is 15.5. The molecule has 3 atom stereocenters. The van der Waals surface area contributed by atoms with Crippen molar-refractivity contribution >= 4 is 21.4 Å². The van der Waals surface area contributed by atoms with Crippen molar-refractivity contribution in [3.8, 4) is 0 Å². The van der Waals surface area contributed by atoms with E-state index in [1.165, 1.54) is 5.56 Å². The molecule has 1 saturated carbocycles. The normalized spacial score (nSPS) is 24.2. The van der Waals surface area contributed by atoms with Crippen molar-refractivity contribution in [3.05, 3.63) is 64.7 Å². The van der Waals surface area contributed by atoms with Crippen molar-refractivity contribution in [1.82, 2.24) is 0 Å². The van der Waals surface area contributed by atoms with E-state index in [4.69, 9.17) is 17.3 Å². The second-order valence-corrected chi connectivity index (χ2v) is 8.20. The van der Waals surface area contributed by atoms with Crippen LogP contribution in [-0.4, -0.2) is 19.7 Å². The lowest BCUT2D eigenvalue weighted by Crippen LogP contribution is -2.15. The van der Waals surface area contributed by atoms with Gasteiger partial charge in [-0.1, -0.05) is 42.8 Å². The molecule has 1 fully saturated rings. The molecule has 2 N–H and O–H groups in total. The zero-order valence-electron chi connectivity index (χ0n) is 12.2. The molecule has 2 aromatic rings. The minimum absolute atomic E-state index is 0.133. The van der Waals surface area contributed by atoms with Crippen LogP contribution in [0.15, 0.2) is 53.4 Å². The number of aryl methyl sites for hydroxylation is 1. The first-order valence-electron chi connectivity index (χ1n) is 7.29. The lowest BCUT2D eigenvalue weighted by molar-refractivity contribution is 0.593. The van der Waals surface area contributed by atoms with Crippen molar-refractivity contribution in [2.24, 2.45) is 5.73 Å². The van der Waals surface area contributed by atoms with Gasteiger partial charge in [-0.15, -0.1) is 0 Å². The number of nitrogens with two attached hydrogens (primary N) is 1. The van der Waals surface area contributed by atoms with Crippen molar-refractivity contribution in [2.45, 2.75) is 35.4 Å². The van der Waals surface area contributed by atoms with Gasteiger partial charge in [0.15, 0.2) is 9.84 Å². The van der Waals surface area contributed by atoms with Crippen molar-refractivity contribution in [3.63, 3.8) is 0 Å². The number of rotatable bonds is 4. The van der Waals surface area contributed by atoms with Gasteiger partial charge in [0.25, 0.3) is 0 Å². The summed E-state index contributed by atoms with van der Waals surface area (Å²) in [5.41, 5.74) is 8.29. The second-order valence-electron chi connectivity index (χ2n) is 5.66. The Morgan fingerprint density at radius 1 is 1.05 bits per heavy atom. The average molecular weight is 336 g/mol. The summed E-state index contributed by atoms with van der Waals surface area (Å²) in [6, 6.07) is 14.0. The summed E-state index contributed by atoms with van der Waals surface area (Å²) < 4.78 is 25.4. The monoisotopic (exact) mass is 335 g/mol. The quantitative estimate of drug-likeness (QED) is 0.933. The van der Waals surface area contributed by atoms with Gasteiger partial charge in [0.05, 0.1) is 10.1 Å². The molecule has 0 aromatic heterocycles. The van der Waals surface area contributed by atoms with E-state index in [9.17, 15) is 8.42 Å². The third-order valence-corrected chi connectivity index (χ3v) is 6.79. The summed E-state index contributed by atoms with van der Waals surface area (Å²) in [6.45, 7) is 2.09. The first-order valence-corrected chi connectivity index (χ1v) is 9.21. The SMILES string of the molecule is CCc1ccc([C@@H]2[C@H](N)[C@@H]2S(=O)(=O)c2ccc(Cl)cc2)cc1. The molecule has 3 nitrogen and oxygen atoms in total. The highest BCUT2D eigenvalue weighted by atomic mass is 35.5. The molecular formula is C17H18ClNO2S. The number of halogens is 1. The van der Waals surface area contributed by atoms with Crippen LogP contribution in [0.5, 0.6) is 0 Å². The molecular weight excluding hydrogens is 318 g/mol. The number of sulfone groups is 1. The van der Waals surface area contributed by atoms with Crippen LogP contribution in [-0.2, 0) is 16.3 Å². The van der Waals surface area contributed by atoms with Crippen LogP contribution < -0.4 is 5.73 Å². The maximum atomic E-state index is 12.7. The summed E-state index contributed by atoms with van der Waals surface area (Å²) >= 11 is 5.82. The van der Waals surface area contributed by atoms with Gasteiger partial charge in [-0.3, -0.25) is 0 Å². The van der Waals surface area contributed by atoms with Gasteiger partial charge in [0.2, 0.25) is 0 Å². The molecule has 0 unspecified atom stereocenters. The van der Waals surface area contributed by atoms with Gasteiger partial charge in [-0.25, -0.2) is 8.42 Å². The zero-order valence-corrected chi connectivity index (χ0v) is 13.8. The number of hydrogen-bond acceptors (Lipinski definition) is 3. The minimum Gasteiger partial charge on any atom is -0.326 e. The van der Waals surface area contributed by atoms with Gasteiger partial charge in [-0.05, 0) is 41.8 Å². The Morgan fingerprint density at radius 2 is 1.64 bits per heavy atom. The molecule has 0 bridgehead atoms. The maximum Gasteiger partial charge on any atom is 0.183 e. The largest absolute Gasteiger partial charge is 0.326 e. The molecule has 0 amide bonds. The maximum absolute atomic E-state index is 12.7.